The molecule has 0 heterocycles. The van der Waals surface area contributed by atoms with Crippen molar-refractivity contribution in [1.82, 2.24) is 0 Å². The van der Waals surface area contributed by atoms with Gasteiger partial charge in [-0.05, 0) is 47.5 Å². The molecule has 0 saturated heterocycles. The number of aryl methyl sites for hydroxylation is 1. The van der Waals surface area contributed by atoms with Gasteiger partial charge in [-0.25, -0.2) is 0 Å². The van der Waals surface area contributed by atoms with E-state index in [1.807, 2.05) is 32.0 Å². The first-order valence-electron chi connectivity index (χ1n) is 4.17. The topological polar surface area (TPSA) is 29.5 Å². The minimum atomic E-state index is -0.168. The highest BCUT2D eigenvalue weighted by Crippen LogP contribution is 2.26. The number of hydrogen-bond acceptors (Lipinski definition) is 2. The smallest absolute Gasteiger partial charge is 0.134 e. The molecule has 0 fully saturated rings. The summed E-state index contributed by atoms with van der Waals surface area (Å²) in [5.74, 6) is 0.779. The molecule has 72 valence electrons. The molecule has 2 nitrogen and oxygen atoms in total. The predicted molar refractivity (Wildman–Crippen MR) is 56.1 cm³/mol. The van der Waals surface area contributed by atoms with Crippen molar-refractivity contribution in [2.75, 3.05) is 6.61 Å². The molecule has 1 rings (SSSR count). The summed E-state index contributed by atoms with van der Waals surface area (Å²) in [5.41, 5.74) is 1.14. The highest BCUT2D eigenvalue weighted by atomic mass is 79.9. The van der Waals surface area contributed by atoms with E-state index in [4.69, 9.17) is 9.84 Å². The fourth-order valence-corrected chi connectivity index (χ4v) is 1.29. The van der Waals surface area contributed by atoms with Crippen LogP contribution in [0.15, 0.2) is 22.7 Å². The maximum atomic E-state index is 8.82. The number of aliphatic hydroxyl groups excluding tert-OH is 1. The standard InChI is InChI=1S/C10H13BrO2/c1-7-3-4-9(11)10(5-7)13-8(2)6-12/h3-5,8,12H,6H2,1-2H3/t8-/m1/s1. The number of benzene rings is 1. The van der Waals surface area contributed by atoms with Crippen molar-refractivity contribution in [3.05, 3.63) is 28.2 Å². The first kappa shape index (κ1) is 10.5. The number of hydrogen-bond donors (Lipinski definition) is 1. The maximum Gasteiger partial charge on any atom is 0.134 e. The lowest BCUT2D eigenvalue weighted by molar-refractivity contribution is 0.129. The average molecular weight is 245 g/mol. The predicted octanol–water partition coefficient (Wildman–Crippen LogP) is 2.52. The molecule has 3 heteroatoms. The number of aliphatic hydroxyl groups is 1. The molecule has 13 heavy (non-hydrogen) atoms. The largest absolute Gasteiger partial charge is 0.487 e. The van der Waals surface area contributed by atoms with Crippen molar-refractivity contribution in [2.45, 2.75) is 20.0 Å². The second kappa shape index (κ2) is 4.63. The Morgan fingerprint density at radius 3 is 2.85 bits per heavy atom. The zero-order valence-electron chi connectivity index (χ0n) is 7.75. The van der Waals surface area contributed by atoms with E-state index in [2.05, 4.69) is 15.9 Å². The Kier molecular flexibility index (Phi) is 3.75. The van der Waals surface area contributed by atoms with Crippen LogP contribution in [-0.4, -0.2) is 17.8 Å². The van der Waals surface area contributed by atoms with E-state index in [9.17, 15) is 0 Å². The van der Waals surface area contributed by atoms with Crippen molar-refractivity contribution in [3.63, 3.8) is 0 Å². The molecule has 1 N–H and O–H groups in total. The van der Waals surface area contributed by atoms with Gasteiger partial charge in [0.15, 0.2) is 0 Å². The molecule has 1 aromatic carbocycles. The van der Waals surface area contributed by atoms with Gasteiger partial charge in [-0.2, -0.15) is 0 Å². The molecule has 0 bridgehead atoms. The van der Waals surface area contributed by atoms with Gasteiger partial charge in [0.1, 0.15) is 11.9 Å². The lowest BCUT2D eigenvalue weighted by atomic mass is 10.2. The highest BCUT2D eigenvalue weighted by Gasteiger charge is 2.05. The quantitative estimate of drug-likeness (QED) is 0.886. The third-order valence-corrected chi connectivity index (χ3v) is 2.33. The van der Waals surface area contributed by atoms with Gasteiger partial charge in [-0.3, -0.25) is 0 Å². The van der Waals surface area contributed by atoms with E-state index in [1.54, 1.807) is 0 Å². The van der Waals surface area contributed by atoms with Crippen molar-refractivity contribution in [1.29, 1.82) is 0 Å². The minimum absolute atomic E-state index is 0.0282. The van der Waals surface area contributed by atoms with Gasteiger partial charge in [-0.1, -0.05) is 6.07 Å². The van der Waals surface area contributed by atoms with Crippen LogP contribution in [0.1, 0.15) is 12.5 Å². The normalized spacial score (nSPS) is 12.6. The van der Waals surface area contributed by atoms with Gasteiger partial charge in [0.2, 0.25) is 0 Å². The molecule has 0 amide bonds. The molecule has 0 radical (unpaired) electrons. The lowest BCUT2D eigenvalue weighted by Gasteiger charge is -2.13. The fraction of sp³-hybridized carbons (Fsp3) is 0.400. The van der Waals surface area contributed by atoms with Crippen molar-refractivity contribution in [3.8, 4) is 5.75 Å². The van der Waals surface area contributed by atoms with Gasteiger partial charge in [0.25, 0.3) is 0 Å². The van der Waals surface area contributed by atoms with E-state index in [-0.39, 0.29) is 12.7 Å². The number of ether oxygens (including phenoxy) is 1. The van der Waals surface area contributed by atoms with Gasteiger partial charge in [0.05, 0.1) is 11.1 Å². The molecule has 1 atom stereocenters. The fourth-order valence-electron chi connectivity index (χ4n) is 0.955. The summed E-state index contributed by atoms with van der Waals surface area (Å²) in [6, 6.07) is 5.88. The van der Waals surface area contributed by atoms with Gasteiger partial charge < -0.3 is 9.84 Å². The van der Waals surface area contributed by atoms with Gasteiger partial charge in [-0.15, -0.1) is 0 Å². The SMILES string of the molecule is Cc1ccc(Br)c(O[C@H](C)CO)c1. The minimum Gasteiger partial charge on any atom is -0.487 e. The Labute approximate surface area is 86.7 Å². The van der Waals surface area contributed by atoms with Gasteiger partial charge >= 0.3 is 0 Å². The molecule has 0 spiro atoms. The molecule has 0 aromatic heterocycles. The number of halogens is 1. The lowest BCUT2D eigenvalue weighted by Crippen LogP contribution is -2.16. The number of rotatable bonds is 3. The summed E-state index contributed by atoms with van der Waals surface area (Å²) in [6.45, 7) is 3.86. The Balaban J connectivity index is 2.81. The van der Waals surface area contributed by atoms with Crippen LogP contribution in [0.4, 0.5) is 0 Å². The summed E-state index contributed by atoms with van der Waals surface area (Å²) in [5, 5.41) is 8.82. The van der Waals surface area contributed by atoms with Crippen LogP contribution in [0.3, 0.4) is 0 Å². The van der Waals surface area contributed by atoms with Crippen molar-refractivity contribution >= 4 is 15.9 Å². The molecular formula is C10H13BrO2. The monoisotopic (exact) mass is 244 g/mol. The molecular weight excluding hydrogens is 232 g/mol. The summed E-state index contributed by atoms with van der Waals surface area (Å²) in [6.07, 6.45) is -0.168. The van der Waals surface area contributed by atoms with E-state index in [0.29, 0.717) is 0 Å². The second-order valence-electron chi connectivity index (χ2n) is 3.04. The zero-order valence-corrected chi connectivity index (χ0v) is 9.34. The molecule has 0 aliphatic carbocycles. The first-order chi connectivity index (χ1) is 6.13. The third-order valence-electron chi connectivity index (χ3n) is 1.67. The first-order valence-corrected chi connectivity index (χ1v) is 4.96. The molecule has 0 aliphatic rings. The van der Waals surface area contributed by atoms with E-state index in [1.165, 1.54) is 0 Å². The van der Waals surface area contributed by atoms with Gasteiger partial charge in [0, 0.05) is 0 Å². The molecule has 0 aliphatic heterocycles. The maximum absolute atomic E-state index is 8.82. The Morgan fingerprint density at radius 1 is 1.54 bits per heavy atom. The van der Waals surface area contributed by atoms with E-state index < -0.39 is 0 Å². The second-order valence-corrected chi connectivity index (χ2v) is 3.90. The Morgan fingerprint density at radius 2 is 2.23 bits per heavy atom. The summed E-state index contributed by atoms with van der Waals surface area (Å²) in [4.78, 5) is 0. The molecule has 0 saturated carbocycles. The van der Waals surface area contributed by atoms with Crippen LogP contribution in [0, 0.1) is 6.92 Å². The third kappa shape index (κ3) is 3.01. The Bertz CT molecular complexity index is 286. The zero-order chi connectivity index (χ0) is 9.84. The molecule has 0 unspecified atom stereocenters. The van der Waals surface area contributed by atoms with Crippen LogP contribution in [0.5, 0.6) is 5.75 Å². The summed E-state index contributed by atoms with van der Waals surface area (Å²) in [7, 11) is 0. The van der Waals surface area contributed by atoms with Crippen molar-refractivity contribution < 1.29 is 9.84 Å². The summed E-state index contributed by atoms with van der Waals surface area (Å²) < 4.78 is 6.39. The molecule has 1 aromatic rings. The van der Waals surface area contributed by atoms with Crippen LogP contribution >= 0.6 is 15.9 Å². The van der Waals surface area contributed by atoms with Crippen LogP contribution in [-0.2, 0) is 0 Å². The van der Waals surface area contributed by atoms with E-state index >= 15 is 0 Å². The van der Waals surface area contributed by atoms with Crippen LogP contribution in [0.25, 0.3) is 0 Å². The summed E-state index contributed by atoms with van der Waals surface area (Å²) >= 11 is 3.38. The van der Waals surface area contributed by atoms with E-state index in [0.717, 1.165) is 15.8 Å². The Hall–Kier alpha value is -0.540. The van der Waals surface area contributed by atoms with Crippen LogP contribution < -0.4 is 4.74 Å². The average Bonchev–Trinajstić information content (AvgIpc) is 2.11. The van der Waals surface area contributed by atoms with Crippen LogP contribution in [0.2, 0.25) is 0 Å². The highest BCUT2D eigenvalue weighted by molar-refractivity contribution is 9.10. The van der Waals surface area contributed by atoms with Crippen molar-refractivity contribution in [2.24, 2.45) is 0 Å².